The van der Waals surface area contributed by atoms with Crippen molar-refractivity contribution in [3.8, 4) is 11.3 Å². The van der Waals surface area contributed by atoms with Crippen LogP contribution in [0.15, 0.2) is 87.2 Å². The number of ether oxygens (including phenoxy) is 1. The lowest BCUT2D eigenvalue weighted by molar-refractivity contribution is 0.0730. The molecule has 0 spiro atoms. The molecule has 0 bridgehead atoms. The van der Waals surface area contributed by atoms with Gasteiger partial charge < -0.3 is 9.72 Å². The minimum absolute atomic E-state index is 0.260. The van der Waals surface area contributed by atoms with E-state index >= 15 is 0 Å². The van der Waals surface area contributed by atoms with Gasteiger partial charge >= 0.3 is 0 Å². The fraction of sp³-hybridized carbons (Fsp3) is 0.333. The Labute approximate surface area is 238 Å². The van der Waals surface area contributed by atoms with E-state index in [1.54, 1.807) is 30.5 Å². The van der Waals surface area contributed by atoms with E-state index in [4.69, 9.17) is 14.8 Å². The predicted molar refractivity (Wildman–Crippen MR) is 159 cm³/mol. The molecule has 0 amide bonds. The van der Waals surface area contributed by atoms with Crippen molar-refractivity contribution >= 4 is 33.3 Å². The molecule has 1 aliphatic heterocycles. The van der Waals surface area contributed by atoms with E-state index in [-0.39, 0.29) is 4.90 Å². The molecule has 208 valence electrons. The summed E-state index contributed by atoms with van der Waals surface area (Å²) in [7, 11) is -3.56. The average molecular weight is 576 g/mol. The Hall–Kier alpha value is -3.31. The Morgan fingerprint density at radius 3 is 2.40 bits per heavy atom. The van der Waals surface area contributed by atoms with E-state index in [9.17, 15) is 8.42 Å². The highest BCUT2D eigenvalue weighted by molar-refractivity contribution is 7.89. The molecule has 2 aliphatic rings. The Balaban J connectivity index is 1.32. The molecule has 0 atom stereocenters. The molecule has 1 saturated heterocycles. The summed E-state index contributed by atoms with van der Waals surface area (Å²) in [5, 5.41) is 6.84. The van der Waals surface area contributed by atoms with Gasteiger partial charge in [-0.3, -0.25) is 0 Å². The Morgan fingerprint density at radius 1 is 0.950 bits per heavy atom. The smallest absolute Gasteiger partial charge is 0.243 e. The highest BCUT2D eigenvalue weighted by Crippen LogP contribution is 2.33. The largest absolute Gasteiger partial charge is 0.379 e. The van der Waals surface area contributed by atoms with Gasteiger partial charge in [-0.15, -0.1) is 11.3 Å². The molecule has 2 aromatic carbocycles. The van der Waals surface area contributed by atoms with E-state index in [1.165, 1.54) is 53.3 Å². The number of aromatic nitrogens is 2. The predicted octanol–water partition coefficient (Wildman–Crippen LogP) is 5.73. The Bertz CT molecular complexity index is 1610. The number of aromatic amines is 1. The van der Waals surface area contributed by atoms with Gasteiger partial charge in [-0.1, -0.05) is 43.5 Å². The Kier molecular flexibility index (Phi) is 8.10. The number of morpholine rings is 1. The highest BCUT2D eigenvalue weighted by atomic mass is 32.2. The fourth-order valence-corrected chi connectivity index (χ4v) is 7.60. The maximum atomic E-state index is 13.0. The number of rotatable bonds is 7. The van der Waals surface area contributed by atoms with Gasteiger partial charge in [0, 0.05) is 30.2 Å². The van der Waals surface area contributed by atoms with Gasteiger partial charge in [-0.25, -0.2) is 18.1 Å². The minimum atomic E-state index is -3.56. The molecule has 0 radical (unpaired) electrons. The van der Waals surface area contributed by atoms with Gasteiger partial charge in [-0.2, -0.15) is 9.41 Å². The highest BCUT2D eigenvalue weighted by Gasteiger charge is 2.26. The van der Waals surface area contributed by atoms with Crippen molar-refractivity contribution in [3.05, 3.63) is 88.3 Å². The summed E-state index contributed by atoms with van der Waals surface area (Å²) < 4.78 is 34.6. The standard InChI is InChI=1S/C30H33N5O3S2/c36-40(37,34-17-19-38-20-18-34)28-14-12-26(13-15-28)33-30-35(32-21-27-7-4-16-31-27)29(22-39-30)25-10-8-24(9-11-25)23-5-2-1-3-6-23/h4,7-16,21-23,31H,1-3,5-6,17-20H2. The molecule has 4 aromatic rings. The zero-order valence-corrected chi connectivity index (χ0v) is 23.9. The van der Waals surface area contributed by atoms with Crippen molar-refractivity contribution in [1.29, 1.82) is 0 Å². The Morgan fingerprint density at radius 2 is 1.70 bits per heavy atom. The van der Waals surface area contributed by atoms with Crippen molar-refractivity contribution in [2.75, 3.05) is 26.3 Å². The van der Waals surface area contributed by atoms with Gasteiger partial charge in [0.2, 0.25) is 14.8 Å². The van der Waals surface area contributed by atoms with Gasteiger partial charge in [0.1, 0.15) is 0 Å². The van der Waals surface area contributed by atoms with E-state index in [1.807, 2.05) is 23.0 Å². The third-order valence-electron chi connectivity index (χ3n) is 7.57. The van der Waals surface area contributed by atoms with Crippen molar-refractivity contribution < 1.29 is 13.2 Å². The van der Waals surface area contributed by atoms with Crippen LogP contribution in [0.2, 0.25) is 0 Å². The van der Waals surface area contributed by atoms with Crippen LogP contribution in [-0.4, -0.2) is 54.9 Å². The van der Waals surface area contributed by atoms with Crippen LogP contribution in [0, 0.1) is 0 Å². The molecule has 2 aromatic heterocycles. The monoisotopic (exact) mass is 575 g/mol. The molecule has 40 heavy (non-hydrogen) atoms. The van der Waals surface area contributed by atoms with Crippen LogP contribution in [0.5, 0.6) is 0 Å². The van der Waals surface area contributed by atoms with Crippen LogP contribution >= 0.6 is 11.3 Å². The molecule has 10 heteroatoms. The van der Waals surface area contributed by atoms with Crippen LogP contribution in [0.4, 0.5) is 5.69 Å². The number of hydrogen-bond acceptors (Lipinski definition) is 6. The summed E-state index contributed by atoms with van der Waals surface area (Å²) in [6.45, 7) is 1.57. The minimum Gasteiger partial charge on any atom is -0.379 e. The lowest BCUT2D eigenvalue weighted by Crippen LogP contribution is -2.40. The first kappa shape index (κ1) is 26.9. The first-order valence-electron chi connectivity index (χ1n) is 13.8. The van der Waals surface area contributed by atoms with Crippen molar-refractivity contribution in [2.45, 2.75) is 42.9 Å². The summed E-state index contributed by atoms with van der Waals surface area (Å²) in [5.74, 6) is 0.656. The summed E-state index contributed by atoms with van der Waals surface area (Å²) >= 11 is 1.50. The van der Waals surface area contributed by atoms with Crippen LogP contribution in [0.3, 0.4) is 0 Å². The lowest BCUT2D eigenvalue weighted by atomic mass is 9.84. The molecule has 1 saturated carbocycles. The number of sulfonamides is 1. The first-order chi connectivity index (χ1) is 19.6. The van der Waals surface area contributed by atoms with Crippen LogP contribution in [-0.2, 0) is 14.8 Å². The molecule has 1 aliphatic carbocycles. The average Bonchev–Trinajstić information content (AvgIpc) is 3.67. The van der Waals surface area contributed by atoms with Crippen LogP contribution in [0.1, 0.15) is 49.3 Å². The zero-order valence-electron chi connectivity index (χ0n) is 22.3. The number of benzene rings is 2. The molecule has 6 rings (SSSR count). The summed E-state index contributed by atoms with van der Waals surface area (Å²) in [6, 6.07) is 19.5. The SMILES string of the molecule is O=S(=O)(c1ccc(N=c2scc(-c3ccc(C4CCCCC4)cc3)n2N=Cc2ccc[nH]2)cc1)N1CCOCC1. The second kappa shape index (κ2) is 12.1. The van der Waals surface area contributed by atoms with E-state index < -0.39 is 10.0 Å². The molecule has 8 nitrogen and oxygen atoms in total. The molecule has 0 unspecified atom stereocenters. The van der Waals surface area contributed by atoms with Crippen molar-refractivity contribution in [3.63, 3.8) is 0 Å². The lowest BCUT2D eigenvalue weighted by Gasteiger charge is -2.26. The van der Waals surface area contributed by atoms with Crippen molar-refractivity contribution in [2.24, 2.45) is 10.1 Å². The maximum absolute atomic E-state index is 13.0. The summed E-state index contributed by atoms with van der Waals surface area (Å²) in [6.07, 6.45) is 10.2. The van der Waals surface area contributed by atoms with E-state index in [0.29, 0.717) is 42.7 Å². The number of nitrogens with zero attached hydrogens (tertiary/aromatic N) is 4. The van der Waals surface area contributed by atoms with Gasteiger partial charge in [-0.05, 0) is 60.7 Å². The first-order valence-corrected chi connectivity index (χ1v) is 16.1. The number of H-pyrrole nitrogens is 1. The summed E-state index contributed by atoms with van der Waals surface area (Å²) in [5.41, 5.74) is 4.99. The molecule has 2 fully saturated rings. The van der Waals surface area contributed by atoms with Gasteiger partial charge in [0.15, 0.2) is 0 Å². The fourth-order valence-electron chi connectivity index (χ4n) is 5.33. The summed E-state index contributed by atoms with van der Waals surface area (Å²) in [4.78, 5) is 8.96. The van der Waals surface area contributed by atoms with Crippen LogP contribution < -0.4 is 4.80 Å². The second-order valence-corrected chi connectivity index (χ2v) is 12.9. The second-order valence-electron chi connectivity index (χ2n) is 10.2. The van der Waals surface area contributed by atoms with E-state index in [2.05, 4.69) is 34.6 Å². The van der Waals surface area contributed by atoms with Gasteiger partial charge in [0.05, 0.1) is 41.4 Å². The normalized spacial score (nSPS) is 18.1. The molecule has 3 heterocycles. The quantitative estimate of drug-likeness (QED) is 0.286. The zero-order chi connectivity index (χ0) is 27.4. The number of hydrogen-bond donors (Lipinski definition) is 1. The third-order valence-corrected chi connectivity index (χ3v) is 10.3. The topological polar surface area (TPSA) is 92.0 Å². The number of thiazole rings is 1. The van der Waals surface area contributed by atoms with E-state index in [0.717, 1.165) is 17.0 Å². The third kappa shape index (κ3) is 5.90. The molecule has 1 N–H and O–H groups in total. The molecular formula is C30H33N5O3S2. The van der Waals surface area contributed by atoms with Crippen LogP contribution in [0.25, 0.3) is 11.3 Å². The molecular weight excluding hydrogens is 542 g/mol. The van der Waals surface area contributed by atoms with Gasteiger partial charge in [0.25, 0.3) is 0 Å². The number of nitrogens with one attached hydrogen (secondary N) is 1. The maximum Gasteiger partial charge on any atom is 0.243 e. The van der Waals surface area contributed by atoms with Crippen molar-refractivity contribution in [1.82, 2.24) is 14.0 Å².